The first-order valence-electron chi connectivity index (χ1n) is 5.86. The molecule has 0 radical (unpaired) electrons. The molecule has 0 spiro atoms. The summed E-state index contributed by atoms with van der Waals surface area (Å²) in [6, 6.07) is 0. The number of anilines is 1. The van der Waals surface area contributed by atoms with Crippen LogP contribution in [0.15, 0.2) is 18.7 Å². The molecular formula is C12H15N3O3. The summed E-state index contributed by atoms with van der Waals surface area (Å²) < 4.78 is 0. The highest BCUT2D eigenvalue weighted by Crippen LogP contribution is 2.37. The van der Waals surface area contributed by atoms with Crippen molar-refractivity contribution in [3.63, 3.8) is 0 Å². The van der Waals surface area contributed by atoms with E-state index in [4.69, 9.17) is 5.11 Å². The number of amides is 1. The van der Waals surface area contributed by atoms with E-state index in [0.29, 0.717) is 18.5 Å². The Morgan fingerprint density at radius 1 is 1.28 bits per heavy atom. The summed E-state index contributed by atoms with van der Waals surface area (Å²) in [7, 11) is 0. The van der Waals surface area contributed by atoms with E-state index in [1.807, 2.05) is 6.92 Å². The van der Waals surface area contributed by atoms with Crippen LogP contribution in [0.2, 0.25) is 0 Å². The molecule has 2 rings (SSSR count). The third-order valence-electron chi connectivity index (χ3n) is 3.28. The minimum absolute atomic E-state index is 0.258. The van der Waals surface area contributed by atoms with Crippen LogP contribution in [0.4, 0.5) is 5.69 Å². The average molecular weight is 249 g/mol. The zero-order valence-corrected chi connectivity index (χ0v) is 10.0. The molecule has 18 heavy (non-hydrogen) atoms. The average Bonchev–Trinajstić information content (AvgIpc) is 2.73. The number of aromatic nitrogens is 2. The number of nitrogens with zero attached hydrogens (tertiary/aromatic N) is 2. The molecule has 0 bridgehead atoms. The minimum atomic E-state index is -0.899. The van der Waals surface area contributed by atoms with Crippen LogP contribution in [-0.4, -0.2) is 27.0 Å². The smallest absolute Gasteiger partial charge is 0.307 e. The van der Waals surface area contributed by atoms with Crippen molar-refractivity contribution in [2.45, 2.75) is 19.8 Å². The second-order valence-corrected chi connectivity index (χ2v) is 4.74. The second kappa shape index (κ2) is 5.12. The summed E-state index contributed by atoms with van der Waals surface area (Å²) in [5.41, 5.74) is 0.492. The largest absolute Gasteiger partial charge is 0.481 e. The van der Waals surface area contributed by atoms with Crippen molar-refractivity contribution in [1.29, 1.82) is 0 Å². The highest BCUT2D eigenvalue weighted by atomic mass is 16.4. The molecule has 0 aromatic carbocycles. The highest BCUT2D eigenvalue weighted by Gasteiger charge is 2.41. The molecular weight excluding hydrogens is 234 g/mol. The molecule has 6 nitrogen and oxygen atoms in total. The number of carboxylic acid groups (broad SMARTS) is 1. The first kappa shape index (κ1) is 12.5. The molecule has 6 heteroatoms. The standard InChI is InChI=1S/C12H15N3O3/c1-7-2-9(10(3-7)12(17)18)11(16)15-8-4-13-6-14-5-8/h4-7,9-10H,2-3H2,1H3,(H,15,16)(H,17,18)/t7?,9-,10+/m0/s1. The van der Waals surface area contributed by atoms with Gasteiger partial charge in [0.05, 0.1) is 29.9 Å². The van der Waals surface area contributed by atoms with Gasteiger partial charge in [0.1, 0.15) is 6.33 Å². The Bertz CT molecular complexity index is 449. The van der Waals surface area contributed by atoms with Gasteiger partial charge in [0.15, 0.2) is 0 Å². The zero-order valence-electron chi connectivity index (χ0n) is 10.0. The van der Waals surface area contributed by atoms with Gasteiger partial charge in [-0.2, -0.15) is 0 Å². The summed E-state index contributed by atoms with van der Waals surface area (Å²) in [6.45, 7) is 1.97. The SMILES string of the molecule is CC1C[C@H](C(=O)Nc2cncnc2)[C@H](C(=O)O)C1. The lowest BCUT2D eigenvalue weighted by Gasteiger charge is -2.15. The Morgan fingerprint density at radius 3 is 2.50 bits per heavy atom. The third kappa shape index (κ3) is 2.64. The Kier molecular flexibility index (Phi) is 3.55. The summed E-state index contributed by atoms with van der Waals surface area (Å²) in [6.07, 6.45) is 5.50. The van der Waals surface area contributed by atoms with Crippen LogP contribution in [0, 0.1) is 17.8 Å². The number of hydrogen-bond donors (Lipinski definition) is 2. The predicted octanol–water partition coefficient (Wildman–Crippen LogP) is 1.16. The molecule has 1 unspecified atom stereocenters. The van der Waals surface area contributed by atoms with Gasteiger partial charge in [0, 0.05) is 0 Å². The number of carbonyl (C=O) groups is 2. The lowest BCUT2D eigenvalue weighted by Crippen LogP contribution is -2.30. The van der Waals surface area contributed by atoms with Crippen molar-refractivity contribution < 1.29 is 14.7 Å². The van der Waals surface area contributed by atoms with Crippen LogP contribution in [0.1, 0.15) is 19.8 Å². The lowest BCUT2D eigenvalue weighted by molar-refractivity contribution is -0.145. The van der Waals surface area contributed by atoms with Crippen LogP contribution in [0.3, 0.4) is 0 Å². The molecule has 1 aliphatic rings. The van der Waals surface area contributed by atoms with E-state index < -0.39 is 17.8 Å². The van der Waals surface area contributed by atoms with Crippen molar-refractivity contribution >= 4 is 17.6 Å². The van der Waals surface area contributed by atoms with Gasteiger partial charge >= 0.3 is 5.97 Å². The minimum Gasteiger partial charge on any atom is -0.481 e. The summed E-state index contributed by atoms with van der Waals surface area (Å²) >= 11 is 0. The maximum Gasteiger partial charge on any atom is 0.307 e. The first-order valence-corrected chi connectivity index (χ1v) is 5.86. The van der Waals surface area contributed by atoms with Crippen LogP contribution >= 0.6 is 0 Å². The van der Waals surface area contributed by atoms with Gasteiger partial charge in [0.25, 0.3) is 0 Å². The fourth-order valence-electron chi connectivity index (χ4n) is 2.45. The van der Waals surface area contributed by atoms with Crippen molar-refractivity contribution in [3.8, 4) is 0 Å². The number of aliphatic carboxylic acids is 1. The van der Waals surface area contributed by atoms with E-state index in [2.05, 4.69) is 15.3 Å². The number of rotatable bonds is 3. The van der Waals surface area contributed by atoms with Gasteiger partial charge in [-0.15, -0.1) is 0 Å². The van der Waals surface area contributed by atoms with Gasteiger partial charge in [-0.25, -0.2) is 9.97 Å². The molecule has 1 heterocycles. The Labute approximate surface area is 104 Å². The van der Waals surface area contributed by atoms with Crippen LogP contribution in [0.5, 0.6) is 0 Å². The van der Waals surface area contributed by atoms with Crippen molar-refractivity contribution in [3.05, 3.63) is 18.7 Å². The molecule has 2 N–H and O–H groups in total. The first-order chi connectivity index (χ1) is 8.58. The van der Waals surface area contributed by atoms with E-state index in [9.17, 15) is 9.59 Å². The van der Waals surface area contributed by atoms with Gasteiger partial charge < -0.3 is 10.4 Å². The normalized spacial score (nSPS) is 26.8. The fourth-order valence-corrected chi connectivity index (χ4v) is 2.45. The highest BCUT2D eigenvalue weighted by molar-refractivity contribution is 5.95. The molecule has 1 saturated carbocycles. The van der Waals surface area contributed by atoms with Crippen LogP contribution < -0.4 is 5.32 Å². The van der Waals surface area contributed by atoms with Crippen molar-refractivity contribution in [2.75, 3.05) is 5.32 Å². The Morgan fingerprint density at radius 2 is 1.89 bits per heavy atom. The lowest BCUT2D eigenvalue weighted by atomic mass is 9.95. The van der Waals surface area contributed by atoms with E-state index >= 15 is 0 Å². The van der Waals surface area contributed by atoms with Gasteiger partial charge in [0.2, 0.25) is 5.91 Å². The van der Waals surface area contributed by atoms with E-state index in [0.717, 1.165) is 0 Å². The molecule has 1 aromatic rings. The van der Waals surface area contributed by atoms with Gasteiger partial charge in [-0.05, 0) is 18.8 Å². The summed E-state index contributed by atoms with van der Waals surface area (Å²) in [5, 5.41) is 11.8. The molecule has 96 valence electrons. The van der Waals surface area contributed by atoms with E-state index in [1.165, 1.54) is 18.7 Å². The quantitative estimate of drug-likeness (QED) is 0.838. The van der Waals surface area contributed by atoms with Crippen molar-refractivity contribution in [1.82, 2.24) is 9.97 Å². The molecule has 0 aliphatic heterocycles. The van der Waals surface area contributed by atoms with Crippen LogP contribution in [0.25, 0.3) is 0 Å². The topological polar surface area (TPSA) is 92.2 Å². The monoisotopic (exact) mass is 249 g/mol. The van der Waals surface area contributed by atoms with E-state index in [1.54, 1.807) is 0 Å². The van der Waals surface area contributed by atoms with E-state index in [-0.39, 0.29) is 11.8 Å². The number of hydrogen-bond acceptors (Lipinski definition) is 4. The fraction of sp³-hybridized carbons (Fsp3) is 0.500. The Hall–Kier alpha value is -1.98. The molecule has 1 aromatic heterocycles. The Balaban J connectivity index is 2.06. The maximum atomic E-state index is 12.0. The van der Waals surface area contributed by atoms with Gasteiger partial charge in [-0.1, -0.05) is 6.92 Å². The van der Waals surface area contributed by atoms with Crippen LogP contribution in [-0.2, 0) is 9.59 Å². The second-order valence-electron chi connectivity index (χ2n) is 4.74. The maximum absolute atomic E-state index is 12.0. The summed E-state index contributed by atoms with van der Waals surface area (Å²) in [4.78, 5) is 30.7. The number of carbonyl (C=O) groups excluding carboxylic acids is 1. The van der Waals surface area contributed by atoms with Crippen molar-refractivity contribution in [2.24, 2.45) is 17.8 Å². The molecule has 1 amide bonds. The number of carboxylic acids is 1. The molecule has 3 atom stereocenters. The zero-order chi connectivity index (χ0) is 13.1. The molecule has 1 fully saturated rings. The van der Waals surface area contributed by atoms with Gasteiger partial charge in [-0.3, -0.25) is 9.59 Å². The molecule has 0 saturated heterocycles. The molecule has 1 aliphatic carbocycles. The third-order valence-corrected chi connectivity index (χ3v) is 3.28. The predicted molar refractivity (Wildman–Crippen MR) is 63.7 cm³/mol. The number of nitrogens with one attached hydrogen (secondary N) is 1. The summed E-state index contributed by atoms with van der Waals surface area (Å²) in [5.74, 6) is -1.97.